The molecule has 7 heteroatoms. The minimum atomic E-state index is 0.731. The van der Waals surface area contributed by atoms with Gasteiger partial charge in [-0.25, -0.2) is 0 Å². The van der Waals surface area contributed by atoms with Crippen molar-refractivity contribution in [1.29, 1.82) is 0 Å². The summed E-state index contributed by atoms with van der Waals surface area (Å²) >= 11 is 7.68. The third kappa shape index (κ3) is 3.60. The van der Waals surface area contributed by atoms with E-state index in [2.05, 4.69) is 34.0 Å². The van der Waals surface area contributed by atoms with Crippen molar-refractivity contribution in [3.63, 3.8) is 0 Å². The van der Waals surface area contributed by atoms with Crippen LogP contribution in [0.3, 0.4) is 0 Å². The normalized spacial score (nSPS) is 12.0. The topological polar surface area (TPSA) is 46.3 Å². The monoisotopic (exact) mass is 347 g/mol. The minimum absolute atomic E-state index is 0.731. The molecule has 0 saturated heterocycles. The Balaban J connectivity index is 1.83. The molecule has 0 fully saturated rings. The predicted molar refractivity (Wildman–Crippen MR) is 95.7 cm³/mol. The van der Waals surface area contributed by atoms with Gasteiger partial charge in [-0.05, 0) is 30.8 Å². The number of benzene rings is 1. The highest BCUT2D eigenvalue weighted by molar-refractivity contribution is 7.17. The smallest absolute Gasteiger partial charge is 0.235 e. The van der Waals surface area contributed by atoms with Crippen molar-refractivity contribution in [2.24, 2.45) is 0 Å². The summed E-state index contributed by atoms with van der Waals surface area (Å²) in [6.45, 7) is 7.00. The highest BCUT2D eigenvalue weighted by atomic mass is 35.5. The van der Waals surface area contributed by atoms with Crippen molar-refractivity contribution in [3.8, 4) is 0 Å². The van der Waals surface area contributed by atoms with Crippen LogP contribution in [0.4, 0.5) is 0 Å². The first-order valence-corrected chi connectivity index (χ1v) is 8.76. The average Bonchev–Trinajstić information content (AvgIpc) is 3.13. The number of nitrogens with zero attached hydrogens (tertiary/aromatic N) is 5. The van der Waals surface area contributed by atoms with Gasteiger partial charge in [0.05, 0.1) is 6.54 Å². The summed E-state index contributed by atoms with van der Waals surface area (Å²) in [6, 6.07) is 7.74. The first-order valence-electron chi connectivity index (χ1n) is 7.57. The highest BCUT2D eigenvalue weighted by Crippen LogP contribution is 2.20. The number of hydrogen-bond acceptors (Lipinski definition) is 5. The van der Waals surface area contributed by atoms with E-state index in [9.17, 15) is 0 Å². The molecule has 0 aliphatic carbocycles. The Bertz CT molecular complexity index is 819. The summed E-state index contributed by atoms with van der Waals surface area (Å²) in [5.74, 6) is 0.873. The maximum atomic E-state index is 6.16. The van der Waals surface area contributed by atoms with Crippen molar-refractivity contribution in [3.05, 3.63) is 45.7 Å². The zero-order chi connectivity index (χ0) is 16.2. The lowest BCUT2D eigenvalue weighted by atomic mass is 10.2. The van der Waals surface area contributed by atoms with E-state index < -0.39 is 0 Å². The van der Waals surface area contributed by atoms with E-state index in [1.165, 1.54) is 11.3 Å². The minimum Gasteiger partial charge on any atom is -0.296 e. The average molecular weight is 348 g/mol. The van der Waals surface area contributed by atoms with Gasteiger partial charge in [-0.15, -0.1) is 10.2 Å². The molecule has 5 nitrogen and oxygen atoms in total. The Hall–Kier alpha value is -1.76. The SMILES string of the molecule is CCN(CC)Cc1nnc2sc(C=Cc3ccccc3Cl)nn12. The third-order valence-corrected chi connectivity index (χ3v) is 4.85. The van der Waals surface area contributed by atoms with Crippen LogP contribution in [0.25, 0.3) is 17.1 Å². The van der Waals surface area contributed by atoms with Gasteiger partial charge in [0.15, 0.2) is 5.82 Å². The Morgan fingerprint density at radius 2 is 1.96 bits per heavy atom. The molecule has 2 aromatic heterocycles. The maximum absolute atomic E-state index is 6.16. The summed E-state index contributed by atoms with van der Waals surface area (Å²) in [4.78, 5) is 3.10. The fraction of sp³-hybridized carbons (Fsp3) is 0.312. The van der Waals surface area contributed by atoms with Crippen LogP contribution in [0, 0.1) is 0 Å². The van der Waals surface area contributed by atoms with Gasteiger partial charge in [0, 0.05) is 5.02 Å². The fourth-order valence-electron chi connectivity index (χ4n) is 2.26. The molecule has 2 heterocycles. The van der Waals surface area contributed by atoms with Crippen LogP contribution in [0.1, 0.15) is 30.2 Å². The maximum Gasteiger partial charge on any atom is 0.235 e. The Morgan fingerprint density at radius 1 is 1.17 bits per heavy atom. The van der Waals surface area contributed by atoms with Gasteiger partial charge in [-0.3, -0.25) is 4.90 Å². The standard InChI is InChI=1S/C16H18ClN5S/c1-3-21(4-2)11-14-18-19-16-22(14)20-15(23-16)10-9-12-7-5-6-8-13(12)17/h5-10H,3-4,11H2,1-2H3. The zero-order valence-corrected chi connectivity index (χ0v) is 14.7. The number of aromatic nitrogens is 4. The van der Waals surface area contributed by atoms with Gasteiger partial charge in [-0.2, -0.15) is 9.61 Å². The van der Waals surface area contributed by atoms with E-state index in [1.807, 2.05) is 40.9 Å². The van der Waals surface area contributed by atoms with Gasteiger partial charge < -0.3 is 0 Å². The van der Waals surface area contributed by atoms with Gasteiger partial charge in [0.2, 0.25) is 4.96 Å². The van der Waals surface area contributed by atoms with Crippen molar-refractivity contribution in [1.82, 2.24) is 24.7 Å². The quantitative estimate of drug-likeness (QED) is 0.679. The molecular weight excluding hydrogens is 330 g/mol. The molecule has 0 unspecified atom stereocenters. The van der Waals surface area contributed by atoms with Crippen LogP contribution >= 0.6 is 22.9 Å². The van der Waals surface area contributed by atoms with Crippen molar-refractivity contribution < 1.29 is 0 Å². The Labute approximate surface area is 144 Å². The molecule has 0 N–H and O–H groups in total. The van der Waals surface area contributed by atoms with E-state index in [0.29, 0.717) is 0 Å². The van der Waals surface area contributed by atoms with E-state index in [0.717, 1.165) is 46.0 Å². The molecule has 0 aliphatic heterocycles. The second kappa shape index (κ2) is 7.21. The van der Waals surface area contributed by atoms with E-state index >= 15 is 0 Å². The van der Waals surface area contributed by atoms with Crippen LogP contribution in [0.5, 0.6) is 0 Å². The predicted octanol–water partition coefficient (Wildman–Crippen LogP) is 3.85. The van der Waals surface area contributed by atoms with Crippen molar-refractivity contribution in [2.45, 2.75) is 20.4 Å². The largest absolute Gasteiger partial charge is 0.296 e. The summed E-state index contributed by atoms with van der Waals surface area (Å²) < 4.78 is 1.83. The molecular formula is C16H18ClN5S. The molecule has 0 saturated carbocycles. The van der Waals surface area contributed by atoms with Gasteiger partial charge >= 0.3 is 0 Å². The van der Waals surface area contributed by atoms with Gasteiger partial charge in [0.1, 0.15) is 5.01 Å². The number of halogens is 1. The van der Waals surface area contributed by atoms with Crippen LogP contribution in [0.2, 0.25) is 5.02 Å². The highest BCUT2D eigenvalue weighted by Gasteiger charge is 2.12. The molecule has 0 bridgehead atoms. The van der Waals surface area contributed by atoms with E-state index in [-0.39, 0.29) is 0 Å². The molecule has 3 rings (SSSR count). The van der Waals surface area contributed by atoms with Crippen molar-refractivity contribution >= 4 is 40.1 Å². The molecule has 0 radical (unpaired) electrons. The van der Waals surface area contributed by atoms with Crippen molar-refractivity contribution in [2.75, 3.05) is 13.1 Å². The summed E-state index contributed by atoms with van der Waals surface area (Å²) in [5.41, 5.74) is 0.975. The number of hydrogen-bond donors (Lipinski definition) is 0. The Kier molecular flexibility index (Phi) is 5.05. The lowest BCUT2D eigenvalue weighted by Gasteiger charge is -2.15. The summed E-state index contributed by atoms with van der Waals surface area (Å²) in [7, 11) is 0. The van der Waals surface area contributed by atoms with Gasteiger partial charge in [-0.1, -0.05) is 61.1 Å². The van der Waals surface area contributed by atoms with E-state index in [1.54, 1.807) is 0 Å². The Morgan fingerprint density at radius 3 is 2.70 bits per heavy atom. The van der Waals surface area contributed by atoms with Crippen LogP contribution in [0.15, 0.2) is 24.3 Å². The van der Waals surface area contributed by atoms with Crippen LogP contribution in [-0.2, 0) is 6.54 Å². The number of rotatable bonds is 6. The number of fused-ring (bicyclic) bond motifs is 1. The zero-order valence-electron chi connectivity index (χ0n) is 13.1. The molecule has 0 amide bonds. The molecule has 23 heavy (non-hydrogen) atoms. The molecule has 1 aromatic carbocycles. The van der Waals surface area contributed by atoms with Gasteiger partial charge in [0.25, 0.3) is 0 Å². The van der Waals surface area contributed by atoms with Crippen LogP contribution < -0.4 is 0 Å². The fourth-order valence-corrected chi connectivity index (χ4v) is 3.22. The summed E-state index contributed by atoms with van der Waals surface area (Å²) in [6.07, 6.45) is 3.93. The van der Waals surface area contributed by atoms with E-state index in [4.69, 9.17) is 11.6 Å². The molecule has 0 atom stereocenters. The molecule has 3 aromatic rings. The first kappa shape index (κ1) is 16.1. The molecule has 0 spiro atoms. The second-order valence-electron chi connectivity index (χ2n) is 5.07. The third-order valence-electron chi connectivity index (χ3n) is 3.64. The molecule has 120 valence electrons. The van der Waals surface area contributed by atoms with Crippen LogP contribution in [-0.4, -0.2) is 37.8 Å². The second-order valence-corrected chi connectivity index (χ2v) is 6.46. The lowest BCUT2D eigenvalue weighted by molar-refractivity contribution is 0.286. The summed E-state index contributed by atoms with van der Waals surface area (Å²) in [5, 5.41) is 14.7. The molecule has 0 aliphatic rings. The first-order chi connectivity index (χ1) is 11.2. The lowest BCUT2D eigenvalue weighted by Crippen LogP contribution is -2.23.